The Morgan fingerprint density at radius 2 is 0.726 bits per heavy atom. The number of aliphatic hydroxyl groups excluding tert-OH is 1. The molecule has 9 aromatic rings. The van der Waals surface area contributed by atoms with Crippen LogP contribution in [0.25, 0.3) is 33.5 Å². The number of ether oxygens (including phenoxy) is 6. The van der Waals surface area contributed by atoms with Crippen LogP contribution < -0.4 is 62.4 Å². The number of nitrogens with two attached hydrogens (primary N) is 5. The Kier molecular flexibility index (Phi) is 25.6. The topological polar surface area (TPSA) is 847 Å². The van der Waals surface area contributed by atoms with Gasteiger partial charge in [-0.05, 0) is 19.1 Å². The molecule has 15 rings (SSSR count). The fourth-order valence-corrected chi connectivity index (χ4v) is 19.7. The van der Waals surface area contributed by atoms with E-state index in [4.69, 9.17) is 107 Å². The molecule has 0 bridgehead atoms. The molecular weight excluding hydrogens is 1800 g/mol. The van der Waals surface area contributed by atoms with Crippen molar-refractivity contribution in [1.29, 1.82) is 0 Å². The lowest BCUT2D eigenvalue weighted by Crippen LogP contribution is -2.33. The summed E-state index contributed by atoms with van der Waals surface area (Å²) in [5.74, 6) is -1.22. The van der Waals surface area contributed by atoms with E-state index in [9.17, 15) is 95.5 Å². The second-order valence-electron chi connectivity index (χ2n) is 28.2. The normalized spacial score (nSPS) is 29.2. The SMILES string of the molecule is Cc1cn([C@H]2C[C@H](OP(=O)(O)OC[C@H]3O[C@@H](n4ccc(N)nc4=O)C[C@@H]3OP(=O)(O)OC[C@H]3O[C@@H](n4cnc5c(=O)[nH]c(N)nc54)C[C@@H]3OP(=O)(O)OC[C@H]3O[C@@H](n4cnc5c(N)ncnc54)C[C@@H]3OP(=O)(O)OC[C@H]3O[C@@H](n4ccc(N)nc4=O)C[C@@H]3OP(=O)(O)O)[C@@H](COP(=O)(O)O[C@H]3C[C@H](n4cnc5c(=O)[nH]c(N)nc54)O[C@@H]3CO)O2)c(=O)[nH]c1=O. The largest absolute Gasteiger partial charge is 0.472 e. The first-order valence-electron chi connectivity index (χ1n) is 36.4. The van der Waals surface area contributed by atoms with Crippen molar-refractivity contribution in [2.45, 2.75) is 156 Å². The van der Waals surface area contributed by atoms with Crippen molar-refractivity contribution < 1.29 is 145 Å². The van der Waals surface area contributed by atoms with Gasteiger partial charge >= 0.3 is 64.0 Å². The molecule has 9 aromatic heterocycles. The number of nitrogen functional groups attached to an aromatic ring is 5. The molecule has 5 unspecified atom stereocenters. The molecular formula is C58H75N23O37P6. The van der Waals surface area contributed by atoms with Crippen LogP contribution in [0.5, 0.6) is 0 Å². The monoisotopic (exact) mass is 1870 g/mol. The molecule has 124 heavy (non-hydrogen) atoms. The summed E-state index contributed by atoms with van der Waals surface area (Å²) in [4.78, 5) is 197. The number of rotatable bonds is 34. The zero-order valence-corrected chi connectivity index (χ0v) is 68.6. The number of hydrogen-bond acceptors (Lipinski definition) is 44. The third kappa shape index (κ3) is 20.4. The van der Waals surface area contributed by atoms with Crippen molar-refractivity contribution in [3.05, 3.63) is 124 Å². The number of phosphoric ester groups is 6. The summed E-state index contributed by atoms with van der Waals surface area (Å²) in [5.41, 5.74) is 23.0. The van der Waals surface area contributed by atoms with E-state index in [0.717, 1.165) is 55.6 Å². The number of nitrogens with one attached hydrogen (secondary N) is 3. The molecule has 15 heterocycles. The first kappa shape index (κ1) is 89.9. The van der Waals surface area contributed by atoms with Gasteiger partial charge in [-0.2, -0.15) is 19.9 Å². The summed E-state index contributed by atoms with van der Waals surface area (Å²) in [6.45, 7) is -4.95. The van der Waals surface area contributed by atoms with Gasteiger partial charge in [0.15, 0.2) is 33.8 Å². The molecule has 0 spiro atoms. The highest BCUT2D eigenvalue weighted by Gasteiger charge is 2.52. The lowest BCUT2D eigenvalue weighted by molar-refractivity contribution is -0.0648. The van der Waals surface area contributed by atoms with Gasteiger partial charge in [-0.25, -0.2) is 66.7 Å². The van der Waals surface area contributed by atoms with E-state index < -0.39 is 269 Å². The van der Waals surface area contributed by atoms with E-state index in [1.165, 1.54) is 34.8 Å². The van der Waals surface area contributed by atoms with Crippen molar-refractivity contribution in [2.75, 3.05) is 68.3 Å². The molecule has 0 radical (unpaired) electrons. The number of hydrogen-bond donors (Lipinski definition) is 16. The summed E-state index contributed by atoms with van der Waals surface area (Å²) in [6.07, 6.45) is -23.5. The van der Waals surface area contributed by atoms with Crippen LogP contribution in [0.1, 0.15) is 81.5 Å². The maximum absolute atomic E-state index is 14.5. The first-order chi connectivity index (χ1) is 58.5. The Labute approximate surface area is 687 Å². The van der Waals surface area contributed by atoms with Crippen molar-refractivity contribution >= 4 is 110 Å². The Bertz CT molecular complexity index is 6220. The Morgan fingerprint density at radius 1 is 0.403 bits per heavy atom. The highest BCUT2D eigenvalue weighted by atomic mass is 31.2. The molecule has 66 heteroatoms. The van der Waals surface area contributed by atoms with Crippen LogP contribution in [0, 0.1) is 6.92 Å². The van der Waals surface area contributed by atoms with Crippen LogP contribution in [0.2, 0.25) is 0 Å². The Hall–Kier alpha value is -8.93. The fraction of sp³-hybridized carbons (Fsp3) is 0.534. The zero-order valence-electron chi connectivity index (χ0n) is 63.3. The first-order valence-corrected chi connectivity index (χ1v) is 45.5. The van der Waals surface area contributed by atoms with E-state index in [1.54, 1.807) is 0 Å². The molecule has 0 aliphatic carbocycles. The van der Waals surface area contributed by atoms with Gasteiger partial charge in [-0.1, -0.05) is 0 Å². The van der Waals surface area contributed by atoms with E-state index >= 15 is 0 Å². The van der Waals surface area contributed by atoms with Gasteiger partial charge in [0.25, 0.3) is 16.7 Å². The van der Waals surface area contributed by atoms with Gasteiger partial charge in [0.05, 0.1) is 58.6 Å². The number of aromatic nitrogens is 18. The third-order valence-corrected chi connectivity index (χ3v) is 25.5. The minimum absolute atomic E-state index is 0.0227. The van der Waals surface area contributed by atoms with Crippen molar-refractivity contribution in [2.24, 2.45) is 0 Å². The van der Waals surface area contributed by atoms with Gasteiger partial charge in [0, 0.05) is 62.7 Å². The molecule has 6 aliphatic rings. The highest BCUT2D eigenvalue weighted by Crippen LogP contribution is 2.57. The van der Waals surface area contributed by atoms with Crippen molar-refractivity contribution in [1.82, 2.24) is 87.2 Å². The molecule has 60 nitrogen and oxygen atoms in total. The molecule has 6 saturated heterocycles. The smallest absolute Gasteiger partial charge is 0.394 e. The number of anilines is 5. The van der Waals surface area contributed by atoms with Gasteiger partial charge in [-0.15, -0.1) is 0 Å². The second kappa shape index (κ2) is 35.4. The lowest BCUT2D eigenvalue weighted by atomic mass is 10.2. The molecule has 23 atom stereocenters. The van der Waals surface area contributed by atoms with Gasteiger partial charge in [0.2, 0.25) is 11.9 Å². The molecule has 6 aliphatic heterocycles. The molecule has 0 amide bonds. The predicted molar refractivity (Wildman–Crippen MR) is 405 cm³/mol. The number of fused-ring (bicyclic) bond motifs is 3. The average Bonchev–Trinajstić information content (AvgIpc) is 1.64. The van der Waals surface area contributed by atoms with Crippen LogP contribution in [-0.4, -0.2) is 239 Å². The van der Waals surface area contributed by atoms with Gasteiger partial charge in [-0.3, -0.25) is 106 Å². The third-order valence-electron chi connectivity index (χ3n) is 19.9. The van der Waals surface area contributed by atoms with Crippen LogP contribution >= 0.6 is 46.9 Å². The van der Waals surface area contributed by atoms with Crippen LogP contribution in [-0.2, 0) is 106 Å². The summed E-state index contributed by atoms with van der Waals surface area (Å²) < 4.78 is 185. The van der Waals surface area contributed by atoms with E-state index in [0.29, 0.717) is 0 Å². The van der Waals surface area contributed by atoms with Gasteiger partial charge in [0.1, 0.15) is 134 Å². The number of phosphoric acid groups is 6. The second-order valence-corrected chi connectivity index (χ2v) is 36.5. The van der Waals surface area contributed by atoms with Crippen molar-refractivity contribution in [3.8, 4) is 0 Å². The standard InChI is InChI=1S/C58H75N23O37P6/c1-23-12-78(58(88)75-51(23)83)40-9-27(33(110-40)16-103-120(92,93)114-24-6-42(107-30(24)13-82)80-21-67-45-49(80)71-54(62)73-52(45)84)116-123(98,99)104-15-32-26(8-39(109-32)77-5-3-37(60)70-57(77)87)115-122(96,97)106-18-35-29(11-43(112-35)81-22-68-46-50(81)72-55(63)74-53(46)85)118-124(100,101)105-17-34-28(10-41(111-34)79-20-66-44-47(61)64-19-65-48(44)79)117-121(94,95)102-14-31-25(113-119(89,90)91)7-38(108-31)76-4-2-36(59)69-56(76)86/h2-5,12,19-22,24-35,38-43,82H,6-11,13-18H2,1H3,(H,92,93)(H,94,95)(H,96,97)(H,98,99)(H,100,101)(H2,59,69,86)(H2,60,70,87)(H2,61,64,65)(H,75,83,88)(H2,89,90,91)(H3,62,71,73,84)(H3,63,72,74,85)/t24-,25-,26-,27-,28-,29-,30+,31+,32+,33+,34+,35+,38+,39+,40+,41+,42+,43+/m0/s1. The minimum Gasteiger partial charge on any atom is -0.394 e. The number of H-pyrrole nitrogens is 3. The van der Waals surface area contributed by atoms with E-state index in [1.807, 2.05) is 0 Å². The highest BCUT2D eigenvalue weighted by molar-refractivity contribution is 7.48. The molecule has 674 valence electrons. The average molecular weight is 1870 g/mol. The van der Waals surface area contributed by atoms with Crippen LogP contribution in [0.4, 0.5) is 29.4 Å². The Balaban J connectivity index is 0.637. The van der Waals surface area contributed by atoms with Crippen LogP contribution in [0.3, 0.4) is 0 Å². The maximum atomic E-state index is 14.5. The van der Waals surface area contributed by atoms with E-state index in [2.05, 4.69) is 59.8 Å². The zero-order chi connectivity index (χ0) is 88.6. The number of aliphatic hydroxyl groups is 1. The summed E-state index contributed by atoms with van der Waals surface area (Å²) in [7, 11) is -33.1. The summed E-state index contributed by atoms with van der Waals surface area (Å²) in [6, 6.07) is 2.38. The summed E-state index contributed by atoms with van der Waals surface area (Å²) in [5, 5.41) is 10.3. The van der Waals surface area contributed by atoms with Gasteiger partial charge < -0.3 is 96.4 Å². The summed E-state index contributed by atoms with van der Waals surface area (Å²) >= 11 is 0. The number of nitrogens with zero attached hydrogens (tertiary/aromatic N) is 15. The minimum atomic E-state index is -5.68. The molecule has 6 fully saturated rings. The number of imidazole rings is 3. The Morgan fingerprint density at radius 3 is 1.08 bits per heavy atom. The molecule has 21 N–H and O–H groups in total. The quantitative estimate of drug-likeness (QED) is 0.0180. The molecule has 0 saturated carbocycles. The van der Waals surface area contributed by atoms with Crippen molar-refractivity contribution in [3.63, 3.8) is 0 Å². The lowest BCUT2D eigenvalue weighted by Gasteiger charge is -2.26. The van der Waals surface area contributed by atoms with E-state index in [-0.39, 0.29) is 68.9 Å². The molecule has 0 aromatic carbocycles. The maximum Gasteiger partial charge on any atom is 0.472 e. The number of aryl methyl sites for hydroxylation is 1. The fourth-order valence-electron chi connectivity index (χ4n) is 14.3. The number of aromatic amines is 3. The predicted octanol–water partition coefficient (Wildman–Crippen LogP) is -2.92. The van der Waals surface area contributed by atoms with Crippen LogP contribution in [0.15, 0.2) is 84.8 Å².